The van der Waals surface area contributed by atoms with Crippen molar-refractivity contribution < 1.29 is 4.74 Å². The van der Waals surface area contributed by atoms with Gasteiger partial charge in [-0.1, -0.05) is 32.4 Å². The van der Waals surface area contributed by atoms with Gasteiger partial charge in [-0.25, -0.2) is 0 Å². The van der Waals surface area contributed by atoms with E-state index in [1.54, 1.807) is 0 Å². The van der Waals surface area contributed by atoms with Crippen LogP contribution in [0.5, 0.6) is 5.75 Å². The van der Waals surface area contributed by atoms with E-state index in [0.29, 0.717) is 0 Å². The van der Waals surface area contributed by atoms with Crippen molar-refractivity contribution in [2.75, 3.05) is 19.7 Å². The molecule has 20 heavy (non-hydrogen) atoms. The van der Waals surface area contributed by atoms with Crippen LogP contribution < -0.4 is 10.1 Å². The van der Waals surface area contributed by atoms with Crippen molar-refractivity contribution in [3.8, 4) is 5.75 Å². The monoisotopic (exact) mass is 275 g/mol. The maximum atomic E-state index is 5.66. The largest absolute Gasteiger partial charge is 0.493 e. The van der Waals surface area contributed by atoms with E-state index in [2.05, 4.69) is 37.4 Å². The summed E-state index contributed by atoms with van der Waals surface area (Å²) in [5.74, 6) is 1.87. The second kappa shape index (κ2) is 8.31. The molecule has 2 rings (SSSR count). The molecule has 0 saturated heterocycles. The molecule has 1 N–H and O–H groups in total. The zero-order valence-electron chi connectivity index (χ0n) is 13.1. The number of aryl methyl sites for hydroxylation is 2. The summed E-state index contributed by atoms with van der Waals surface area (Å²) in [7, 11) is 0. The van der Waals surface area contributed by atoms with E-state index in [1.165, 1.54) is 43.2 Å². The lowest BCUT2D eigenvalue weighted by molar-refractivity contribution is 0.288. The van der Waals surface area contributed by atoms with Crippen LogP contribution in [0.1, 0.15) is 50.7 Å². The molecule has 0 spiro atoms. The third kappa shape index (κ3) is 5.16. The van der Waals surface area contributed by atoms with E-state index in [-0.39, 0.29) is 0 Å². The first-order valence-corrected chi connectivity index (χ1v) is 8.21. The topological polar surface area (TPSA) is 21.3 Å². The van der Waals surface area contributed by atoms with Gasteiger partial charge in [0.15, 0.2) is 0 Å². The molecular formula is C18H29NO. The Morgan fingerprint density at radius 1 is 1.20 bits per heavy atom. The third-order valence-corrected chi connectivity index (χ3v) is 3.84. The van der Waals surface area contributed by atoms with Crippen molar-refractivity contribution >= 4 is 0 Å². The number of fused-ring (bicyclic) bond motifs is 1. The first kappa shape index (κ1) is 15.4. The Balaban J connectivity index is 1.62. The molecule has 1 heterocycles. The quantitative estimate of drug-likeness (QED) is 0.725. The molecule has 0 fully saturated rings. The number of benzene rings is 1. The Kier molecular flexibility index (Phi) is 6.38. The van der Waals surface area contributed by atoms with E-state index < -0.39 is 0 Å². The predicted octanol–water partition coefficient (Wildman–Crippen LogP) is 3.97. The summed E-state index contributed by atoms with van der Waals surface area (Å²) in [6.07, 6.45) is 7.46. The highest BCUT2D eigenvalue weighted by Gasteiger charge is 2.10. The average molecular weight is 275 g/mol. The first-order valence-electron chi connectivity index (χ1n) is 8.21. The lowest BCUT2D eigenvalue weighted by atomic mass is 10.00. The van der Waals surface area contributed by atoms with Crippen LogP contribution in [0.3, 0.4) is 0 Å². The summed E-state index contributed by atoms with van der Waals surface area (Å²) < 4.78 is 5.66. The van der Waals surface area contributed by atoms with Crippen LogP contribution in [0.15, 0.2) is 18.2 Å². The lowest BCUT2D eigenvalue weighted by Crippen LogP contribution is -2.20. The Hall–Kier alpha value is -1.02. The fraction of sp³-hybridized carbons (Fsp3) is 0.667. The zero-order valence-corrected chi connectivity index (χ0v) is 13.1. The molecule has 112 valence electrons. The van der Waals surface area contributed by atoms with Crippen LogP contribution in [-0.4, -0.2) is 19.7 Å². The van der Waals surface area contributed by atoms with Crippen molar-refractivity contribution in [2.45, 2.75) is 52.4 Å². The molecule has 2 heteroatoms. The Morgan fingerprint density at radius 2 is 2.10 bits per heavy atom. The normalized spacial score (nSPS) is 14.2. The summed E-state index contributed by atoms with van der Waals surface area (Å²) in [6, 6.07) is 6.75. The van der Waals surface area contributed by atoms with Crippen molar-refractivity contribution in [1.29, 1.82) is 0 Å². The Bertz CT molecular complexity index is 400. The van der Waals surface area contributed by atoms with Crippen molar-refractivity contribution in [1.82, 2.24) is 5.32 Å². The molecular weight excluding hydrogens is 246 g/mol. The van der Waals surface area contributed by atoms with Crippen molar-refractivity contribution in [2.24, 2.45) is 5.92 Å². The molecule has 0 saturated carbocycles. The second-order valence-corrected chi connectivity index (χ2v) is 6.30. The molecule has 0 atom stereocenters. The van der Waals surface area contributed by atoms with Gasteiger partial charge in [-0.3, -0.25) is 0 Å². The molecule has 1 aliphatic heterocycles. The van der Waals surface area contributed by atoms with Crippen LogP contribution >= 0.6 is 0 Å². The summed E-state index contributed by atoms with van der Waals surface area (Å²) in [5.41, 5.74) is 2.89. The molecule has 0 bridgehead atoms. The summed E-state index contributed by atoms with van der Waals surface area (Å²) in [6.45, 7) is 7.70. The van der Waals surface area contributed by atoms with Gasteiger partial charge in [-0.05, 0) is 68.3 Å². The molecule has 0 aromatic heterocycles. The molecule has 1 aromatic rings. The van der Waals surface area contributed by atoms with Gasteiger partial charge in [0.1, 0.15) is 5.75 Å². The van der Waals surface area contributed by atoms with E-state index >= 15 is 0 Å². The number of hydrogen-bond donors (Lipinski definition) is 1. The third-order valence-electron chi connectivity index (χ3n) is 3.84. The fourth-order valence-corrected chi connectivity index (χ4v) is 2.72. The maximum absolute atomic E-state index is 5.66. The molecule has 1 aromatic carbocycles. The van der Waals surface area contributed by atoms with Crippen LogP contribution in [0, 0.1) is 5.92 Å². The highest BCUT2D eigenvalue weighted by molar-refractivity contribution is 5.38. The van der Waals surface area contributed by atoms with Crippen molar-refractivity contribution in [3.05, 3.63) is 29.3 Å². The van der Waals surface area contributed by atoms with Gasteiger partial charge >= 0.3 is 0 Å². The van der Waals surface area contributed by atoms with Gasteiger partial charge in [0.25, 0.3) is 0 Å². The van der Waals surface area contributed by atoms with E-state index in [0.717, 1.165) is 37.8 Å². The molecule has 0 amide bonds. The molecule has 0 aliphatic carbocycles. The summed E-state index contributed by atoms with van der Waals surface area (Å²) in [4.78, 5) is 0. The summed E-state index contributed by atoms with van der Waals surface area (Å²) >= 11 is 0. The molecule has 1 aliphatic rings. The van der Waals surface area contributed by atoms with Gasteiger partial charge in [0.2, 0.25) is 0 Å². The first-order chi connectivity index (χ1) is 9.75. The maximum Gasteiger partial charge on any atom is 0.122 e. The van der Waals surface area contributed by atoms with Gasteiger partial charge in [0, 0.05) is 0 Å². The minimum atomic E-state index is 0.757. The number of rotatable bonds is 8. The standard InChI is InChI=1S/C18H29NO/c1-15(2)14-19-11-5-3-4-7-16-9-10-18-17(13-16)8-6-12-20-18/h9-10,13,15,19H,3-8,11-12,14H2,1-2H3. The minimum Gasteiger partial charge on any atom is -0.493 e. The van der Waals surface area contributed by atoms with Gasteiger partial charge in [-0.15, -0.1) is 0 Å². The Labute approximate surface area is 123 Å². The highest BCUT2D eigenvalue weighted by Crippen LogP contribution is 2.26. The van der Waals surface area contributed by atoms with Gasteiger partial charge in [0.05, 0.1) is 6.61 Å². The number of nitrogens with one attached hydrogen (secondary N) is 1. The molecule has 2 nitrogen and oxygen atoms in total. The molecule has 0 unspecified atom stereocenters. The van der Waals surface area contributed by atoms with Crippen molar-refractivity contribution in [3.63, 3.8) is 0 Å². The average Bonchev–Trinajstić information content (AvgIpc) is 2.46. The van der Waals surface area contributed by atoms with Crippen LogP contribution in [-0.2, 0) is 12.8 Å². The van der Waals surface area contributed by atoms with Crippen LogP contribution in [0.2, 0.25) is 0 Å². The number of hydrogen-bond acceptors (Lipinski definition) is 2. The number of unbranched alkanes of at least 4 members (excludes halogenated alkanes) is 2. The Morgan fingerprint density at radius 3 is 2.95 bits per heavy atom. The summed E-state index contributed by atoms with van der Waals surface area (Å²) in [5, 5.41) is 3.51. The lowest BCUT2D eigenvalue weighted by Gasteiger charge is -2.17. The van der Waals surface area contributed by atoms with E-state index in [9.17, 15) is 0 Å². The van der Waals surface area contributed by atoms with E-state index in [4.69, 9.17) is 4.74 Å². The fourth-order valence-electron chi connectivity index (χ4n) is 2.72. The van der Waals surface area contributed by atoms with Gasteiger partial charge < -0.3 is 10.1 Å². The minimum absolute atomic E-state index is 0.757. The predicted molar refractivity (Wildman–Crippen MR) is 85.5 cm³/mol. The highest BCUT2D eigenvalue weighted by atomic mass is 16.5. The SMILES string of the molecule is CC(C)CNCCCCCc1ccc2c(c1)CCCO2. The molecule has 0 radical (unpaired) electrons. The smallest absolute Gasteiger partial charge is 0.122 e. The van der Waals surface area contributed by atoms with Crippen LogP contribution in [0.4, 0.5) is 0 Å². The number of ether oxygens (including phenoxy) is 1. The van der Waals surface area contributed by atoms with Crippen LogP contribution in [0.25, 0.3) is 0 Å². The zero-order chi connectivity index (χ0) is 14.2. The van der Waals surface area contributed by atoms with E-state index in [1.807, 2.05) is 0 Å². The second-order valence-electron chi connectivity index (χ2n) is 6.30. The van der Waals surface area contributed by atoms with Gasteiger partial charge in [-0.2, -0.15) is 0 Å².